The highest BCUT2D eigenvalue weighted by atomic mass is 16.7. The van der Waals surface area contributed by atoms with E-state index in [2.05, 4.69) is 26.0 Å². The van der Waals surface area contributed by atoms with Crippen LogP contribution in [0.25, 0.3) is 0 Å². The number of aliphatic hydroxyl groups is 4. The second-order valence-electron chi connectivity index (χ2n) is 20.1. The number of carbonyl (C=O) groups is 1. The van der Waals surface area contributed by atoms with Crippen LogP contribution in [0.4, 0.5) is 0 Å². The molecule has 0 aromatic heterocycles. The Morgan fingerprint density at radius 2 is 0.833 bits per heavy atom. The summed E-state index contributed by atoms with van der Waals surface area (Å²) in [6.45, 7) is 4.62. The van der Waals surface area contributed by atoms with E-state index in [1.54, 1.807) is 0 Å². The summed E-state index contributed by atoms with van der Waals surface area (Å²) in [6.07, 6.45) is 51.2. The fourth-order valence-electron chi connectivity index (χ4n) is 9.20. The Balaban J connectivity index is 2.14. The third kappa shape index (κ3) is 38.7. The molecule has 0 aromatic carbocycles. The smallest absolute Gasteiger partial charge is 0.306 e. The highest BCUT2D eigenvalue weighted by molar-refractivity contribution is 5.69. The Morgan fingerprint density at radius 3 is 1.23 bits per heavy atom. The molecule has 4 N–H and O–H groups in total. The summed E-state index contributed by atoms with van der Waals surface area (Å²) >= 11 is 0. The molecule has 66 heavy (non-hydrogen) atoms. The number of rotatable bonds is 51. The molecule has 6 unspecified atom stereocenters. The van der Waals surface area contributed by atoms with Crippen molar-refractivity contribution < 1.29 is 44.2 Å². The largest absolute Gasteiger partial charge is 0.457 e. The van der Waals surface area contributed by atoms with Crippen LogP contribution in [0.5, 0.6) is 0 Å². The summed E-state index contributed by atoms with van der Waals surface area (Å²) in [7, 11) is 0. The summed E-state index contributed by atoms with van der Waals surface area (Å²) in [4.78, 5) is 12.9. The fourth-order valence-corrected chi connectivity index (χ4v) is 9.20. The number of allylic oxidation sites excluding steroid dienone is 2. The lowest BCUT2D eigenvalue weighted by Crippen LogP contribution is -2.59. The molecule has 9 heteroatoms. The van der Waals surface area contributed by atoms with E-state index in [1.807, 2.05) is 0 Å². The number of hydrogen-bond donors (Lipinski definition) is 4. The lowest BCUT2D eigenvalue weighted by Gasteiger charge is -2.39. The molecule has 1 rings (SSSR count). The van der Waals surface area contributed by atoms with Crippen LogP contribution in [0.15, 0.2) is 12.2 Å². The molecule has 1 fully saturated rings. The van der Waals surface area contributed by atoms with Crippen molar-refractivity contribution in [2.75, 3.05) is 26.4 Å². The number of ether oxygens (including phenoxy) is 4. The van der Waals surface area contributed by atoms with Gasteiger partial charge < -0.3 is 39.4 Å². The van der Waals surface area contributed by atoms with E-state index in [0.717, 1.165) is 32.1 Å². The Bertz CT molecular complexity index is 1020. The second kappa shape index (κ2) is 48.9. The average Bonchev–Trinajstić information content (AvgIpc) is 3.32. The molecule has 392 valence electrons. The minimum atomic E-state index is -1.53. The molecule has 9 nitrogen and oxygen atoms in total. The van der Waals surface area contributed by atoms with E-state index >= 15 is 0 Å². The monoisotopic (exact) mass is 939 g/mol. The fraction of sp³-hybridized carbons (Fsp3) is 0.947. The normalized spacial score (nSPS) is 19.3. The Kier molecular flexibility index (Phi) is 46.7. The van der Waals surface area contributed by atoms with Crippen molar-refractivity contribution in [3.8, 4) is 0 Å². The summed E-state index contributed by atoms with van der Waals surface area (Å²) in [5, 5.41) is 40.3. The van der Waals surface area contributed by atoms with Crippen molar-refractivity contribution in [1.82, 2.24) is 0 Å². The van der Waals surface area contributed by atoms with Gasteiger partial charge in [0.15, 0.2) is 6.29 Å². The van der Waals surface area contributed by atoms with Crippen LogP contribution in [0.1, 0.15) is 284 Å². The molecular formula is C57H110O9. The zero-order valence-electron chi connectivity index (χ0n) is 43.5. The maximum atomic E-state index is 12.9. The molecule has 6 atom stereocenters. The van der Waals surface area contributed by atoms with Gasteiger partial charge in [-0.1, -0.05) is 251 Å². The molecule has 0 aliphatic carbocycles. The molecule has 1 heterocycles. The predicted octanol–water partition coefficient (Wildman–Crippen LogP) is 14.7. The molecule has 0 radical (unpaired) electrons. The van der Waals surface area contributed by atoms with Gasteiger partial charge in [-0.25, -0.2) is 0 Å². The van der Waals surface area contributed by atoms with Crippen molar-refractivity contribution in [2.45, 2.75) is 320 Å². The van der Waals surface area contributed by atoms with E-state index in [0.29, 0.717) is 13.0 Å². The van der Waals surface area contributed by atoms with E-state index in [9.17, 15) is 25.2 Å². The molecule has 1 saturated heterocycles. The summed E-state index contributed by atoms with van der Waals surface area (Å²) in [6, 6.07) is 0. The number of unbranched alkanes of at least 4 members (excludes halogenated alkanes) is 38. The van der Waals surface area contributed by atoms with Gasteiger partial charge in [-0.05, 0) is 38.5 Å². The van der Waals surface area contributed by atoms with Crippen LogP contribution in [0.3, 0.4) is 0 Å². The first kappa shape index (κ1) is 62.9. The SMILES string of the molecule is CCCCCCCC/C=C\CCCCCCCCCCCCOCC(COC1OC(CO)C(O)C(O)C1O)OC(=O)CCCCCCCCCCCCCCCCCCCCCCCCC. The van der Waals surface area contributed by atoms with Crippen molar-refractivity contribution in [3.05, 3.63) is 12.2 Å². The Hall–Kier alpha value is -1.07. The third-order valence-electron chi connectivity index (χ3n) is 13.7. The molecule has 0 aromatic rings. The van der Waals surface area contributed by atoms with Crippen molar-refractivity contribution >= 4 is 5.97 Å². The lowest BCUT2D eigenvalue weighted by atomic mass is 9.99. The zero-order valence-corrected chi connectivity index (χ0v) is 43.5. The average molecular weight is 939 g/mol. The Labute approximate surface area is 407 Å². The van der Waals surface area contributed by atoms with Gasteiger partial charge in [0.2, 0.25) is 0 Å². The number of hydrogen-bond acceptors (Lipinski definition) is 9. The highest BCUT2D eigenvalue weighted by Crippen LogP contribution is 2.23. The van der Waals surface area contributed by atoms with E-state index in [4.69, 9.17) is 18.9 Å². The summed E-state index contributed by atoms with van der Waals surface area (Å²) in [5.41, 5.74) is 0. The van der Waals surface area contributed by atoms with Gasteiger partial charge in [-0.2, -0.15) is 0 Å². The minimum absolute atomic E-state index is 0.107. The molecule has 0 spiro atoms. The molecule has 0 saturated carbocycles. The van der Waals surface area contributed by atoms with E-state index < -0.39 is 43.4 Å². The van der Waals surface area contributed by atoms with Crippen LogP contribution in [0.2, 0.25) is 0 Å². The van der Waals surface area contributed by atoms with Crippen LogP contribution in [-0.4, -0.2) is 89.6 Å². The standard InChI is InChI=1S/C57H110O9/c1-3-5-7-9-11-13-15-17-19-21-23-25-26-27-28-30-32-34-36-38-40-42-44-46-53(59)65-51(50-64-57-56(62)55(61)54(60)52(48-58)66-57)49-63-47-45-43-41-39-37-35-33-31-29-24-22-20-18-16-14-12-10-8-6-4-2/h18,20,51-52,54-58,60-62H,3-17,19,21-50H2,1-2H3/b20-18-. The first-order valence-electron chi connectivity index (χ1n) is 28.8. The molecule has 0 amide bonds. The molecule has 1 aliphatic heterocycles. The predicted molar refractivity (Wildman–Crippen MR) is 275 cm³/mol. The zero-order chi connectivity index (χ0) is 47.8. The van der Waals surface area contributed by atoms with Gasteiger partial charge >= 0.3 is 5.97 Å². The molecule has 1 aliphatic rings. The number of carbonyl (C=O) groups excluding carboxylic acids is 1. The topological polar surface area (TPSA) is 135 Å². The maximum absolute atomic E-state index is 12.9. The quantitative estimate of drug-likeness (QED) is 0.0267. The van der Waals surface area contributed by atoms with Crippen molar-refractivity contribution in [2.24, 2.45) is 0 Å². The molecule has 0 bridgehead atoms. The number of aliphatic hydroxyl groups excluding tert-OH is 4. The number of esters is 1. The van der Waals surface area contributed by atoms with E-state index in [1.165, 1.54) is 231 Å². The van der Waals surface area contributed by atoms with Crippen molar-refractivity contribution in [3.63, 3.8) is 0 Å². The second-order valence-corrected chi connectivity index (χ2v) is 20.1. The summed E-state index contributed by atoms with van der Waals surface area (Å²) in [5.74, 6) is -0.305. The van der Waals surface area contributed by atoms with Gasteiger partial charge in [0, 0.05) is 13.0 Å². The van der Waals surface area contributed by atoms with E-state index in [-0.39, 0.29) is 19.2 Å². The van der Waals surface area contributed by atoms with Gasteiger partial charge in [0.25, 0.3) is 0 Å². The van der Waals surface area contributed by atoms with Gasteiger partial charge in [-0.3, -0.25) is 4.79 Å². The highest BCUT2D eigenvalue weighted by Gasteiger charge is 2.44. The summed E-state index contributed by atoms with van der Waals surface area (Å²) < 4.78 is 23.0. The van der Waals surface area contributed by atoms with Crippen LogP contribution < -0.4 is 0 Å². The minimum Gasteiger partial charge on any atom is -0.457 e. The Morgan fingerprint density at radius 1 is 0.470 bits per heavy atom. The molecular weight excluding hydrogens is 829 g/mol. The first-order valence-corrected chi connectivity index (χ1v) is 28.8. The maximum Gasteiger partial charge on any atom is 0.306 e. The van der Waals surface area contributed by atoms with Crippen LogP contribution in [-0.2, 0) is 23.7 Å². The van der Waals surface area contributed by atoms with Crippen LogP contribution >= 0.6 is 0 Å². The van der Waals surface area contributed by atoms with Gasteiger partial charge in [0.05, 0.1) is 19.8 Å². The van der Waals surface area contributed by atoms with Gasteiger partial charge in [0.1, 0.15) is 30.5 Å². The van der Waals surface area contributed by atoms with Crippen molar-refractivity contribution in [1.29, 1.82) is 0 Å². The van der Waals surface area contributed by atoms with Crippen LogP contribution in [0, 0.1) is 0 Å². The first-order chi connectivity index (χ1) is 32.4. The third-order valence-corrected chi connectivity index (χ3v) is 13.7. The lowest BCUT2D eigenvalue weighted by molar-refractivity contribution is -0.305. The van der Waals surface area contributed by atoms with Gasteiger partial charge in [-0.15, -0.1) is 0 Å².